The van der Waals surface area contributed by atoms with Gasteiger partial charge in [-0.15, -0.1) is 22.7 Å². The number of hydrogen-bond donors (Lipinski definition) is 2. The minimum Gasteiger partial charge on any atom is -0.322 e. The summed E-state index contributed by atoms with van der Waals surface area (Å²) < 4.78 is 0. The molecule has 2 amide bonds. The summed E-state index contributed by atoms with van der Waals surface area (Å²) in [5.41, 5.74) is 3.53. The molecule has 0 spiro atoms. The molecule has 2 aromatic heterocycles. The molecule has 1 atom stereocenters. The summed E-state index contributed by atoms with van der Waals surface area (Å²) in [7, 11) is 0. The molecule has 0 bridgehead atoms. The molecule has 1 aliphatic rings. The van der Waals surface area contributed by atoms with Crippen molar-refractivity contribution in [3.8, 4) is 0 Å². The Balaban J connectivity index is 1.69. The Morgan fingerprint density at radius 3 is 2.64 bits per heavy atom. The third kappa shape index (κ3) is 3.75. The third-order valence-corrected chi connectivity index (χ3v) is 7.14. The third-order valence-electron chi connectivity index (χ3n) is 5.10. The average Bonchev–Trinajstić information content (AvgIpc) is 3.31. The molecule has 28 heavy (non-hydrogen) atoms. The zero-order chi connectivity index (χ0) is 19.7. The van der Waals surface area contributed by atoms with E-state index < -0.39 is 0 Å². The van der Waals surface area contributed by atoms with Crippen molar-refractivity contribution in [1.29, 1.82) is 0 Å². The van der Waals surface area contributed by atoms with E-state index in [1.54, 1.807) is 17.4 Å². The van der Waals surface area contributed by atoms with Crippen LogP contribution in [-0.2, 0) is 12.8 Å². The first-order valence-electron chi connectivity index (χ1n) is 9.39. The number of benzene rings is 1. The van der Waals surface area contributed by atoms with Gasteiger partial charge >= 0.3 is 0 Å². The van der Waals surface area contributed by atoms with Crippen molar-refractivity contribution in [3.63, 3.8) is 0 Å². The van der Waals surface area contributed by atoms with E-state index in [4.69, 9.17) is 0 Å². The van der Waals surface area contributed by atoms with Gasteiger partial charge in [-0.3, -0.25) is 9.59 Å². The van der Waals surface area contributed by atoms with E-state index in [-0.39, 0.29) is 11.8 Å². The highest BCUT2D eigenvalue weighted by atomic mass is 32.1. The molecule has 6 heteroatoms. The number of carbonyl (C=O) groups excluding carboxylic acids is 2. The van der Waals surface area contributed by atoms with E-state index in [0.717, 1.165) is 36.1 Å². The normalized spacial score (nSPS) is 15.7. The van der Waals surface area contributed by atoms with Crippen molar-refractivity contribution in [3.05, 3.63) is 68.2 Å². The zero-order valence-electron chi connectivity index (χ0n) is 15.9. The summed E-state index contributed by atoms with van der Waals surface area (Å²) in [5, 5.41) is 8.57. The predicted molar refractivity (Wildman–Crippen MR) is 117 cm³/mol. The molecule has 0 unspecified atom stereocenters. The van der Waals surface area contributed by atoms with Gasteiger partial charge in [0, 0.05) is 10.6 Å². The SMILES string of the molecule is Cc1ccccc1NC(=O)c1c(NC(=O)c2cccs2)sc2c1CC[C@H](C)C2. The molecule has 1 aliphatic carbocycles. The topological polar surface area (TPSA) is 58.2 Å². The van der Waals surface area contributed by atoms with Crippen molar-refractivity contribution < 1.29 is 9.59 Å². The van der Waals surface area contributed by atoms with Crippen LogP contribution in [0.1, 0.15) is 49.4 Å². The maximum Gasteiger partial charge on any atom is 0.266 e. The van der Waals surface area contributed by atoms with Crippen LogP contribution in [0.5, 0.6) is 0 Å². The summed E-state index contributed by atoms with van der Waals surface area (Å²) in [5.74, 6) is 0.286. The second-order valence-corrected chi connectivity index (χ2v) is 9.31. The molecular formula is C22H22N2O2S2. The van der Waals surface area contributed by atoms with Gasteiger partial charge in [-0.05, 0) is 60.7 Å². The fourth-order valence-electron chi connectivity index (χ4n) is 3.55. The van der Waals surface area contributed by atoms with E-state index in [1.165, 1.54) is 16.2 Å². The maximum atomic E-state index is 13.2. The molecule has 144 valence electrons. The summed E-state index contributed by atoms with van der Waals surface area (Å²) in [6.07, 6.45) is 2.89. The minimum atomic E-state index is -0.161. The molecule has 0 saturated heterocycles. The molecule has 0 aliphatic heterocycles. The summed E-state index contributed by atoms with van der Waals surface area (Å²) in [6.45, 7) is 4.21. The van der Waals surface area contributed by atoms with Crippen LogP contribution in [0.3, 0.4) is 0 Å². The van der Waals surface area contributed by atoms with E-state index in [0.29, 0.717) is 21.4 Å². The lowest BCUT2D eigenvalue weighted by atomic mass is 9.88. The number of aryl methyl sites for hydroxylation is 1. The van der Waals surface area contributed by atoms with E-state index >= 15 is 0 Å². The van der Waals surface area contributed by atoms with Gasteiger partial charge in [-0.25, -0.2) is 0 Å². The molecule has 1 aromatic carbocycles. The largest absolute Gasteiger partial charge is 0.322 e. The smallest absolute Gasteiger partial charge is 0.266 e. The number of para-hydroxylation sites is 1. The summed E-state index contributed by atoms with van der Waals surface area (Å²) >= 11 is 2.94. The number of thiophene rings is 2. The molecule has 4 nitrogen and oxygen atoms in total. The Hall–Kier alpha value is -2.44. The lowest BCUT2D eigenvalue weighted by Crippen LogP contribution is -2.19. The average molecular weight is 411 g/mol. The number of nitrogens with one attached hydrogen (secondary N) is 2. The molecule has 0 radical (unpaired) electrons. The van der Waals surface area contributed by atoms with Crippen LogP contribution in [0.25, 0.3) is 0 Å². The van der Waals surface area contributed by atoms with Crippen LogP contribution in [0.4, 0.5) is 10.7 Å². The monoisotopic (exact) mass is 410 g/mol. The summed E-state index contributed by atoms with van der Waals surface area (Å²) in [6, 6.07) is 11.4. The van der Waals surface area contributed by atoms with Gasteiger partial charge in [0.1, 0.15) is 5.00 Å². The molecule has 4 rings (SSSR count). The van der Waals surface area contributed by atoms with Crippen LogP contribution in [0, 0.1) is 12.8 Å². The number of fused-ring (bicyclic) bond motifs is 1. The highest BCUT2D eigenvalue weighted by molar-refractivity contribution is 7.17. The van der Waals surface area contributed by atoms with Crippen molar-refractivity contribution in [2.45, 2.75) is 33.1 Å². The van der Waals surface area contributed by atoms with Crippen LogP contribution < -0.4 is 10.6 Å². The lowest BCUT2D eigenvalue weighted by molar-refractivity contribution is 0.102. The van der Waals surface area contributed by atoms with E-state index in [2.05, 4.69) is 17.6 Å². The number of hydrogen-bond acceptors (Lipinski definition) is 4. The second kappa shape index (κ2) is 7.89. The molecular weight excluding hydrogens is 388 g/mol. The Labute approximate surface area is 172 Å². The van der Waals surface area contributed by atoms with Crippen LogP contribution in [-0.4, -0.2) is 11.8 Å². The van der Waals surface area contributed by atoms with Crippen molar-refractivity contribution in [2.75, 3.05) is 10.6 Å². The Kier molecular flexibility index (Phi) is 5.33. The van der Waals surface area contributed by atoms with Gasteiger partial charge < -0.3 is 10.6 Å². The first-order valence-corrected chi connectivity index (χ1v) is 11.1. The van der Waals surface area contributed by atoms with Crippen LogP contribution >= 0.6 is 22.7 Å². The number of carbonyl (C=O) groups is 2. The van der Waals surface area contributed by atoms with Gasteiger partial charge in [-0.2, -0.15) is 0 Å². The van der Waals surface area contributed by atoms with Gasteiger partial charge in [0.25, 0.3) is 11.8 Å². The van der Waals surface area contributed by atoms with Crippen molar-refractivity contribution >= 4 is 45.2 Å². The Morgan fingerprint density at radius 2 is 1.89 bits per heavy atom. The molecule has 0 saturated carbocycles. The molecule has 3 aromatic rings. The van der Waals surface area contributed by atoms with Crippen molar-refractivity contribution in [2.24, 2.45) is 5.92 Å². The van der Waals surface area contributed by atoms with Gasteiger partial charge in [0.15, 0.2) is 0 Å². The van der Waals surface area contributed by atoms with Crippen LogP contribution in [0.15, 0.2) is 41.8 Å². The number of amides is 2. The summed E-state index contributed by atoms with van der Waals surface area (Å²) in [4.78, 5) is 27.7. The zero-order valence-corrected chi connectivity index (χ0v) is 17.5. The van der Waals surface area contributed by atoms with Gasteiger partial charge in [0.05, 0.1) is 10.4 Å². The molecule has 2 heterocycles. The first-order chi connectivity index (χ1) is 13.5. The molecule has 0 fully saturated rings. The Morgan fingerprint density at radius 1 is 1.07 bits per heavy atom. The second-order valence-electron chi connectivity index (χ2n) is 7.26. The fourth-order valence-corrected chi connectivity index (χ4v) is 5.57. The minimum absolute atomic E-state index is 0.150. The van der Waals surface area contributed by atoms with E-state index in [1.807, 2.05) is 42.6 Å². The first kappa shape index (κ1) is 18.9. The molecule has 2 N–H and O–H groups in total. The Bertz CT molecular complexity index is 1020. The quantitative estimate of drug-likeness (QED) is 0.575. The van der Waals surface area contributed by atoms with Crippen molar-refractivity contribution in [1.82, 2.24) is 0 Å². The standard InChI is InChI=1S/C22H22N2O2S2/c1-13-9-10-15-18(12-13)28-22(24-20(25)17-8-5-11-27-17)19(15)21(26)23-16-7-4-3-6-14(16)2/h3-8,11,13H,9-10,12H2,1-2H3,(H,23,26)(H,24,25)/t13-/m0/s1. The number of anilines is 2. The maximum absolute atomic E-state index is 13.2. The number of rotatable bonds is 4. The lowest BCUT2D eigenvalue weighted by Gasteiger charge is -2.19. The van der Waals surface area contributed by atoms with Crippen LogP contribution in [0.2, 0.25) is 0 Å². The highest BCUT2D eigenvalue weighted by Gasteiger charge is 2.28. The highest BCUT2D eigenvalue weighted by Crippen LogP contribution is 2.40. The van der Waals surface area contributed by atoms with E-state index in [9.17, 15) is 9.59 Å². The van der Waals surface area contributed by atoms with Gasteiger partial charge in [0.2, 0.25) is 0 Å². The fraction of sp³-hybridized carbons (Fsp3) is 0.273. The van der Waals surface area contributed by atoms with Gasteiger partial charge in [-0.1, -0.05) is 31.2 Å². The predicted octanol–water partition coefficient (Wildman–Crippen LogP) is 5.75.